The Morgan fingerprint density at radius 2 is 1.37 bits per heavy atom. The third kappa shape index (κ3) is 20.7. The van der Waals surface area contributed by atoms with Crippen molar-refractivity contribution < 1.29 is 49.9 Å². The van der Waals surface area contributed by atoms with Crippen molar-refractivity contribution in [2.75, 3.05) is 65.6 Å². The molecular formula is C15H33MnN3O7S. The van der Waals surface area contributed by atoms with Crippen LogP contribution in [0.25, 0.3) is 0 Å². The summed E-state index contributed by atoms with van der Waals surface area (Å²) in [5.74, 6) is 0. The third-order valence-electron chi connectivity index (χ3n) is 4.05. The van der Waals surface area contributed by atoms with Crippen molar-refractivity contribution in [1.82, 2.24) is 15.1 Å². The summed E-state index contributed by atoms with van der Waals surface area (Å²) in [5.41, 5.74) is 0. The van der Waals surface area contributed by atoms with Crippen LogP contribution in [0.5, 0.6) is 0 Å². The molecule has 0 aromatic rings. The Kier molecular flexibility index (Phi) is 19.8. The van der Waals surface area contributed by atoms with E-state index in [2.05, 4.69) is 15.1 Å². The Bertz CT molecular complexity index is 424. The Hall–Kier alpha value is 0.149. The molecule has 1 heterocycles. The van der Waals surface area contributed by atoms with E-state index in [1.807, 2.05) is 0 Å². The molecule has 1 atom stereocenters. The predicted molar refractivity (Wildman–Crippen MR) is 94.9 cm³/mol. The van der Waals surface area contributed by atoms with Gasteiger partial charge < -0.3 is 39.5 Å². The summed E-state index contributed by atoms with van der Waals surface area (Å²) < 4.78 is 34.1. The minimum atomic E-state index is -5.17. The van der Waals surface area contributed by atoms with E-state index in [1.54, 1.807) is 0 Å². The van der Waals surface area contributed by atoms with Crippen LogP contribution in [0.3, 0.4) is 0 Å². The Balaban J connectivity index is 0. The van der Waals surface area contributed by atoms with Crippen molar-refractivity contribution in [3.63, 3.8) is 0 Å². The van der Waals surface area contributed by atoms with E-state index in [9.17, 15) is 0 Å². The first-order chi connectivity index (χ1) is 12.3. The van der Waals surface area contributed by atoms with Crippen LogP contribution in [-0.4, -0.2) is 114 Å². The van der Waals surface area contributed by atoms with Crippen LogP contribution in [-0.2, 0) is 27.5 Å². The molecule has 4 N–H and O–H groups in total. The maximum atomic E-state index is 9.04. The summed E-state index contributed by atoms with van der Waals surface area (Å²) in [5, 5.41) is 30.6. The van der Waals surface area contributed by atoms with E-state index < -0.39 is 10.4 Å². The van der Waals surface area contributed by atoms with Gasteiger partial charge in [-0.2, -0.15) is 0 Å². The standard InChI is InChI=1S/C15H33N3O3.Mn.H2O4S/c19-11-1-4-15-14-18(7-3-13-21)10-9-17(6-2-12-20)8-5-16-15;;1-5(2,3)4/h15-16,19-21H,1-14H2;;(H2,1,2,3,4)/q;+2;/p-2. The Morgan fingerprint density at radius 3 is 1.89 bits per heavy atom. The number of hydrogen-bond acceptors (Lipinski definition) is 10. The first-order valence-electron chi connectivity index (χ1n) is 8.97. The number of aliphatic hydroxyl groups excluding tert-OH is 3. The zero-order chi connectivity index (χ0) is 19.8. The van der Waals surface area contributed by atoms with Crippen molar-refractivity contribution in [1.29, 1.82) is 0 Å². The monoisotopic (exact) mass is 454 g/mol. The molecule has 1 aliphatic rings. The first kappa shape index (κ1) is 29.4. The fourth-order valence-electron chi connectivity index (χ4n) is 2.84. The molecule has 27 heavy (non-hydrogen) atoms. The second-order valence-corrected chi connectivity index (χ2v) is 7.04. The van der Waals surface area contributed by atoms with Gasteiger partial charge in [-0.05, 0) is 25.7 Å². The molecule has 0 amide bonds. The van der Waals surface area contributed by atoms with Gasteiger partial charge in [0.25, 0.3) is 0 Å². The van der Waals surface area contributed by atoms with E-state index in [1.165, 1.54) is 0 Å². The van der Waals surface area contributed by atoms with Gasteiger partial charge in [0.05, 0.1) is 0 Å². The molecule has 163 valence electrons. The van der Waals surface area contributed by atoms with Gasteiger partial charge in [0, 0.05) is 82.1 Å². The van der Waals surface area contributed by atoms with E-state index in [4.69, 9.17) is 32.8 Å². The molecule has 1 fully saturated rings. The summed E-state index contributed by atoms with van der Waals surface area (Å²) in [4.78, 5) is 4.80. The molecule has 0 aromatic heterocycles. The van der Waals surface area contributed by atoms with Crippen LogP contribution in [0.2, 0.25) is 0 Å². The van der Waals surface area contributed by atoms with Crippen molar-refractivity contribution in [3.05, 3.63) is 0 Å². The van der Waals surface area contributed by atoms with E-state index >= 15 is 0 Å². The molecule has 0 bridgehead atoms. The van der Waals surface area contributed by atoms with Gasteiger partial charge in [-0.1, -0.05) is 0 Å². The summed E-state index contributed by atoms with van der Waals surface area (Å²) in [6, 6.07) is 0.411. The van der Waals surface area contributed by atoms with Crippen LogP contribution in [0.15, 0.2) is 0 Å². The molecule has 1 aliphatic heterocycles. The van der Waals surface area contributed by atoms with Crippen LogP contribution >= 0.6 is 0 Å². The smallest absolute Gasteiger partial charge is 0.759 e. The second-order valence-electron chi connectivity index (χ2n) is 6.22. The van der Waals surface area contributed by atoms with Gasteiger partial charge in [0.2, 0.25) is 0 Å². The average molecular weight is 454 g/mol. The van der Waals surface area contributed by atoms with Crippen LogP contribution in [0.4, 0.5) is 0 Å². The number of nitrogens with one attached hydrogen (secondary N) is 1. The molecular weight excluding hydrogens is 421 g/mol. The number of hydrogen-bond donors (Lipinski definition) is 4. The third-order valence-corrected chi connectivity index (χ3v) is 4.05. The maximum Gasteiger partial charge on any atom is 2.00 e. The minimum Gasteiger partial charge on any atom is -0.759 e. The average Bonchev–Trinajstić information content (AvgIpc) is 2.65. The Labute approximate surface area is 173 Å². The van der Waals surface area contributed by atoms with Crippen molar-refractivity contribution in [2.24, 2.45) is 0 Å². The molecule has 0 saturated carbocycles. The molecule has 0 aliphatic carbocycles. The van der Waals surface area contributed by atoms with Gasteiger partial charge >= 0.3 is 17.1 Å². The molecule has 12 heteroatoms. The fourth-order valence-corrected chi connectivity index (χ4v) is 2.84. The Morgan fingerprint density at radius 1 is 0.889 bits per heavy atom. The van der Waals surface area contributed by atoms with E-state index in [0.29, 0.717) is 6.04 Å². The van der Waals surface area contributed by atoms with Gasteiger partial charge in [-0.15, -0.1) is 0 Å². The molecule has 0 spiro atoms. The first-order valence-corrected chi connectivity index (χ1v) is 10.3. The summed E-state index contributed by atoms with van der Waals surface area (Å²) in [6.07, 6.45) is 3.45. The van der Waals surface area contributed by atoms with Gasteiger partial charge in [-0.25, -0.2) is 0 Å². The molecule has 10 nitrogen and oxygen atoms in total. The molecule has 1 unspecified atom stereocenters. The summed E-state index contributed by atoms with van der Waals surface area (Å²) in [7, 11) is -5.17. The minimum absolute atomic E-state index is 0. The van der Waals surface area contributed by atoms with Crippen LogP contribution in [0, 0.1) is 0 Å². The SMILES string of the molecule is O=S(=O)([O-])[O-].OCCCC1CN(CCCO)CCN(CCCO)CCN1.[Mn+2]. The topological polar surface area (TPSA) is 159 Å². The normalized spacial score (nSPS) is 19.8. The van der Waals surface area contributed by atoms with Crippen molar-refractivity contribution in [2.45, 2.75) is 31.7 Å². The number of rotatable bonds is 9. The molecule has 0 aromatic carbocycles. The summed E-state index contributed by atoms with van der Waals surface area (Å²) in [6.45, 7) is 7.54. The number of nitrogens with zero attached hydrogens (tertiary/aromatic N) is 2. The molecule has 1 radical (unpaired) electrons. The van der Waals surface area contributed by atoms with E-state index in [-0.39, 0.29) is 36.9 Å². The largest absolute Gasteiger partial charge is 2.00 e. The van der Waals surface area contributed by atoms with Gasteiger partial charge in [-0.3, -0.25) is 8.42 Å². The van der Waals surface area contributed by atoms with Gasteiger partial charge in [0.15, 0.2) is 0 Å². The second kappa shape index (κ2) is 18.2. The van der Waals surface area contributed by atoms with Gasteiger partial charge in [0.1, 0.15) is 0 Å². The van der Waals surface area contributed by atoms with Crippen LogP contribution in [0.1, 0.15) is 25.7 Å². The number of aliphatic hydroxyl groups is 3. The fraction of sp³-hybridized carbons (Fsp3) is 1.00. The summed E-state index contributed by atoms with van der Waals surface area (Å²) >= 11 is 0. The van der Waals surface area contributed by atoms with E-state index in [0.717, 1.165) is 71.5 Å². The zero-order valence-corrected chi connectivity index (χ0v) is 17.6. The van der Waals surface area contributed by atoms with Crippen LogP contribution < -0.4 is 5.32 Å². The maximum absolute atomic E-state index is 9.04. The molecule has 1 saturated heterocycles. The molecule has 1 rings (SSSR count). The quantitative estimate of drug-likeness (QED) is 0.170. The van der Waals surface area contributed by atoms with Crippen molar-refractivity contribution in [3.8, 4) is 0 Å². The van der Waals surface area contributed by atoms with Crippen molar-refractivity contribution >= 4 is 10.4 Å². The predicted octanol–water partition coefficient (Wildman–Crippen LogP) is -2.24. The zero-order valence-electron chi connectivity index (χ0n) is 15.6.